The molecular formula is C42H49N3O5. The number of nitrogens with zero attached hydrogens (tertiary/aromatic N) is 1. The summed E-state index contributed by atoms with van der Waals surface area (Å²) >= 11 is 0. The summed E-state index contributed by atoms with van der Waals surface area (Å²) in [6.45, 7) is 7.89. The molecule has 1 aliphatic heterocycles. The average molecular weight is 676 g/mol. The molecule has 1 aliphatic rings. The standard InChI is InChI=1S/C42H49N3O5/c1-3-5-7-18-33(22-30-15-8-6-9-16-30)42(49)50-29-36(23-35-26-43-39-21-13-12-20-38(35)39)44-41(48)32(14-4-2)25-40(47)45-27-34-19-11-10-17-31(34)24-37(45)28-46/h3-4,6,8-13,15-17,19-21,26,32-33,36-37,43,46H,1-2,5,7,14,18,22-25,27-29H2,(H,44,48)/t32-,33-,36+,37+/m1/s1. The maximum atomic E-state index is 14.0. The molecule has 3 aromatic carbocycles. The van der Waals surface area contributed by atoms with Gasteiger partial charge in [0.25, 0.3) is 0 Å². The van der Waals surface area contributed by atoms with Gasteiger partial charge in [-0.05, 0) is 73.3 Å². The van der Waals surface area contributed by atoms with E-state index in [1.165, 1.54) is 0 Å². The summed E-state index contributed by atoms with van der Waals surface area (Å²) in [7, 11) is 0. The number of allylic oxidation sites excluding steroid dienone is 2. The number of aliphatic hydroxyl groups is 1. The van der Waals surface area contributed by atoms with Crippen LogP contribution in [0.1, 0.15) is 54.4 Å². The molecule has 2 heterocycles. The number of carbonyl (C=O) groups is 3. The molecule has 0 aliphatic carbocycles. The number of para-hydroxylation sites is 1. The lowest BCUT2D eigenvalue weighted by molar-refractivity contribution is -0.150. The number of esters is 1. The maximum Gasteiger partial charge on any atom is 0.309 e. The normalized spacial score (nSPS) is 15.8. The van der Waals surface area contributed by atoms with Crippen molar-refractivity contribution < 1.29 is 24.2 Å². The van der Waals surface area contributed by atoms with Gasteiger partial charge in [-0.15, -0.1) is 13.2 Å². The second-order valence-electron chi connectivity index (χ2n) is 13.3. The molecule has 5 rings (SSSR count). The van der Waals surface area contributed by atoms with Gasteiger partial charge < -0.3 is 25.0 Å². The van der Waals surface area contributed by atoms with E-state index in [2.05, 4.69) is 23.5 Å². The third kappa shape index (κ3) is 9.60. The first-order valence-electron chi connectivity index (χ1n) is 17.6. The van der Waals surface area contributed by atoms with Crippen molar-refractivity contribution in [3.05, 3.63) is 133 Å². The number of aromatic amines is 1. The summed E-state index contributed by atoms with van der Waals surface area (Å²) in [5.41, 5.74) is 5.20. The number of unbranched alkanes of at least 4 members (excludes halogenated alkanes) is 1. The third-order valence-electron chi connectivity index (χ3n) is 9.66. The molecule has 50 heavy (non-hydrogen) atoms. The van der Waals surface area contributed by atoms with Gasteiger partial charge >= 0.3 is 5.97 Å². The van der Waals surface area contributed by atoms with Crippen molar-refractivity contribution >= 4 is 28.7 Å². The Balaban J connectivity index is 1.31. The fourth-order valence-electron chi connectivity index (χ4n) is 6.90. The van der Waals surface area contributed by atoms with Gasteiger partial charge in [-0.1, -0.05) is 84.9 Å². The zero-order chi connectivity index (χ0) is 35.3. The van der Waals surface area contributed by atoms with Gasteiger partial charge in [-0.25, -0.2) is 0 Å². The molecule has 0 saturated heterocycles. The predicted molar refractivity (Wildman–Crippen MR) is 197 cm³/mol. The van der Waals surface area contributed by atoms with E-state index in [-0.39, 0.29) is 49.4 Å². The van der Waals surface area contributed by atoms with Crippen LogP contribution in [0.2, 0.25) is 0 Å². The minimum atomic E-state index is -0.678. The van der Waals surface area contributed by atoms with E-state index in [4.69, 9.17) is 4.74 Å². The van der Waals surface area contributed by atoms with Crippen molar-refractivity contribution in [3.8, 4) is 0 Å². The third-order valence-corrected chi connectivity index (χ3v) is 9.66. The summed E-state index contributed by atoms with van der Waals surface area (Å²) in [5, 5.41) is 14.3. The molecule has 0 spiro atoms. The summed E-state index contributed by atoms with van der Waals surface area (Å²) < 4.78 is 6.00. The Labute approximate surface area is 295 Å². The summed E-state index contributed by atoms with van der Waals surface area (Å²) in [6, 6.07) is 24.9. The van der Waals surface area contributed by atoms with Crippen LogP contribution in [0.25, 0.3) is 10.9 Å². The van der Waals surface area contributed by atoms with Crippen molar-refractivity contribution in [3.63, 3.8) is 0 Å². The van der Waals surface area contributed by atoms with Crippen LogP contribution in [-0.4, -0.2) is 58.1 Å². The maximum absolute atomic E-state index is 14.0. The van der Waals surface area contributed by atoms with Gasteiger partial charge in [0, 0.05) is 30.1 Å². The van der Waals surface area contributed by atoms with Crippen molar-refractivity contribution in [2.45, 2.75) is 70.0 Å². The number of carbonyl (C=O) groups excluding carboxylic acids is 3. The number of aliphatic hydroxyl groups excluding tert-OH is 1. The number of benzene rings is 3. The fraction of sp³-hybridized carbons (Fsp3) is 0.357. The van der Waals surface area contributed by atoms with Crippen molar-refractivity contribution in [2.75, 3.05) is 13.2 Å². The molecule has 4 aromatic rings. The SMILES string of the molecule is C=CCCC[C@H](Cc1ccccc1)C(=O)OC[C@H](Cc1c[nH]c2ccccc12)NC(=O)[C@H](CC=C)CC(=O)N1Cc2ccccc2C[C@H]1CO. The molecule has 0 radical (unpaired) electrons. The van der Waals surface area contributed by atoms with Crippen LogP contribution in [-0.2, 0) is 44.9 Å². The first-order chi connectivity index (χ1) is 24.4. The van der Waals surface area contributed by atoms with Crippen molar-refractivity contribution in [1.82, 2.24) is 15.2 Å². The lowest BCUT2D eigenvalue weighted by atomic mass is 9.92. The first-order valence-corrected chi connectivity index (χ1v) is 17.6. The van der Waals surface area contributed by atoms with Crippen LogP contribution in [0.3, 0.4) is 0 Å². The van der Waals surface area contributed by atoms with E-state index in [1.54, 1.807) is 11.0 Å². The monoisotopic (exact) mass is 675 g/mol. The van der Waals surface area contributed by atoms with E-state index in [9.17, 15) is 19.5 Å². The van der Waals surface area contributed by atoms with Crippen molar-refractivity contribution in [1.29, 1.82) is 0 Å². The Kier molecular flexibility index (Phi) is 13.2. The summed E-state index contributed by atoms with van der Waals surface area (Å²) in [4.78, 5) is 46.3. The minimum absolute atomic E-state index is 0.0128. The number of nitrogens with one attached hydrogen (secondary N) is 2. The predicted octanol–water partition coefficient (Wildman–Crippen LogP) is 6.48. The number of hydrogen-bond acceptors (Lipinski definition) is 5. The molecule has 4 atom stereocenters. The molecule has 0 fully saturated rings. The van der Waals surface area contributed by atoms with Gasteiger partial charge in [-0.2, -0.15) is 0 Å². The minimum Gasteiger partial charge on any atom is -0.463 e. The second-order valence-corrected chi connectivity index (χ2v) is 13.3. The van der Waals surface area contributed by atoms with Gasteiger partial charge in [-0.3, -0.25) is 14.4 Å². The average Bonchev–Trinajstić information content (AvgIpc) is 3.55. The zero-order valence-electron chi connectivity index (χ0n) is 28.8. The molecule has 2 amide bonds. The largest absolute Gasteiger partial charge is 0.463 e. The smallest absolute Gasteiger partial charge is 0.309 e. The number of H-pyrrole nitrogens is 1. The van der Waals surface area contributed by atoms with Crippen LogP contribution >= 0.6 is 0 Å². The molecule has 8 heteroatoms. The number of hydrogen-bond donors (Lipinski definition) is 3. The lowest BCUT2D eigenvalue weighted by Gasteiger charge is -2.36. The van der Waals surface area contributed by atoms with Crippen molar-refractivity contribution in [2.24, 2.45) is 11.8 Å². The quantitative estimate of drug-likeness (QED) is 0.0635. The van der Waals surface area contributed by atoms with E-state index in [0.717, 1.165) is 46.0 Å². The second kappa shape index (κ2) is 18.2. The van der Waals surface area contributed by atoms with Crippen LogP contribution in [0.15, 0.2) is 110 Å². The summed E-state index contributed by atoms with van der Waals surface area (Å²) in [5.74, 6) is -1.80. The Morgan fingerprint density at radius 1 is 0.940 bits per heavy atom. The van der Waals surface area contributed by atoms with Crippen LogP contribution in [0, 0.1) is 11.8 Å². The molecular weight excluding hydrogens is 626 g/mol. The molecule has 8 nitrogen and oxygen atoms in total. The molecule has 3 N–H and O–H groups in total. The number of aromatic nitrogens is 1. The molecule has 0 bridgehead atoms. The van der Waals surface area contributed by atoms with Gasteiger partial charge in [0.05, 0.1) is 30.5 Å². The van der Waals surface area contributed by atoms with Crippen LogP contribution in [0.4, 0.5) is 0 Å². The fourth-order valence-corrected chi connectivity index (χ4v) is 6.90. The van der Waals surface area contributed by atoms with E-state index in [0.29, 0.717) is 38.6 Å². The van der Waals surface area contributed by atoms with Gasteiger partial charge in [0.2, 0.25) is 11.8 Å². The number of ether oxygens (including phenoxy) is 1. The van der Waals surface area contributed by atoms with Crippen LogP contribution in [0.5, 0.6) is 0 Å². The van der Waals surface area contributed by atoms with E-state index >= 15 is 0 Å². The Hall–Kier alpha value is -4.95. The lowest BCUT2D eigenvalue weighted by Crippen LogP contribution is -2.48. The molecule has 1 aromatic heterocycles. The Bertz CT molecular complexity index is 1750. The number of fused-ring (bicyclic) bond motifs is 2. The molecule has 0 saturated carbocycles. The Morgan fingerprint density at radius 3 is 2.44 bits per heavy atom. The first kappa shape index (κ1) is 36.3. The topological polar surface area (TPSA) is 112 Å². The highest BCUT2D eigenvalue weighted by Crippen LogP contribution is 2.26. The van der Waals surface area contributed by atoms with Gasteiger partial charge in [0.15, 0.2) is 0 Å². The Morgan fingerprint density at radius 2 is 1.68 bits per heavy atom. The van der Waals surface area contributed by atoms with Gasteiger partial charge in [0.1, 0.15) is 6.61 Å². The molecule has 0 unspecified atom stereocenters. The van der Waals surface area contributed by atoms with E-state index < -0.39 is 12.0 Å². The number of amides is 2. The molecule has 262 valence electrons. The van der Waals surface area contributed by atoms with Crippen LogP contribution < -0.4 is 5.32 Å². The zero-order valence-corrected chi connectivity index (χ0v) is 28.8. The highest BCUT2D eigenvalue weighted by Gasteiger charge is 2.33. The highest BCUT2D eigenvalue weighted by atomic mass is 16.5. The number of rotatable bonds is 18. The highest BCUT2D eigenvalue weighted by molar-refractivity contribution is 5.87. The summed E-state index contributed by atoms with van der Waals surface area (Å²) in [6.07, 6.45) is 9.55. The van der Waals surface area contributed by atoms with E-state index in [1.807, 2.05) is 91.1 Å².